The summed E-state index contributed by atoms with van der Waals surface area (Å²) in [7, 11) is 0. The predicted molar refractivity (Wildman–Crippen MR) is 91.2 cm³/mol. The molecule has 4 heteroatoms. The van der Waals surface area contributed by atoms with Crippen molar-refractivity contribution in [3.8, 4) is 0 Å². The molecule has 2 aliphatic rings. The Morgan fingerprint density at radius 3 is 2.83 bits per heavy atom. The SMILES string of the molecule is O=C(OCc1ccccc1)N1CCCC(CCCNC2CC2)C1. The highest BCUT2D eigenvalue weighted by Crippen LogP contribution is 2.22. The molecule has 1 N–H and O–H groups in total. The second-order valence-corrected chi connectivity index (χ2v) is 6.87. The summed E-state index contributed by atoms with van der Waals surface area (Å²) in [5.74, 6) is 0.633. The van der Waals surface area contributed by atoms with E-state index in [9.17, 15) is 4.79 Å². The maximum Gasteiger partial charge on any atom is 0.410 e. The molecule has 1 saturated carbocycles. The lowest BCUT2D eigenvalue weighted by atomic mass is 9.93. The standard InChI is InChI=1S/C19H28N2O2/c22-19(23-15-17-6-2-1-3-7-17)21-13-5-9-16(14-21)8-4-12-20-18-10-11-18/h1-3,6-7,16,18,20H,4-5,8-15H2. The number of likely N-dealkylation sites (tertiary alicyclic amines) is 1. The lowest BCUT2D eigenvalue weighted by molar-refractivity contribution is 0.0777. The van der Waals surface area contributed by atoms with E-state index in [4.69, 9.17) is 4.74 Å². The smallest absolute Gasteiger partial charge is 0.410 e. The summed E-state index contributed by atoms with van der Waals surface area (Å²) in [6.07, 6.45) is 7.31. The molecule has 126 valence electrons. The molecule has 1 aliphatic heterocycles. The molecule has 1 aliphatic carbocycles. The number of rotatable bonds is 7. The number of carbonyl (C=O) groups is 1. The van der Waals surface area contributed by atoms with E-state index in [1.165, 1.54) is 32.1 Å². The van der Waals surface area contributed by atoms with Crippen molar-refractivity contribution >= 4 is 6.09 Å². The van der Waals surface area contributed by atoms with Crippen LogP contribution < -0.4 is 5.32 Å². The number of hydrogen-bond donors (Lipinski definition) is 1. The predicted octanol–water partition coefficient (Wildman–Crippen LogP) is 3.57. The van der Waals surface area contributed by atoms with Crippen molar-refractivity contribution < 1.29 is 9.53 Å². The largest absolute Gasteiger partial charge is 0.445 e. The van der Waals surface area contributed by atoms with Gasteiger partial charge in [0, 0.05) is 19.1 Å². The van der Waals surface area contributed by atoms with Gasteiger partial charge in [0.05, 0.1) is 0 Å². The number of amides is 1. The molecule has 1 heterocycles. The zero-order chi connectivity index (χ0) is 15.9. The fraction of sp³-hybridized carbons (Fsp3) is 0.632. The van der Waals surface area contributed by atoms with Crippen LogP contribution in [0.2, 0.25) is 0 Å². The van der Waals surface area contributed by atoms with Gasteiger partial charge < -0.3 is 15.0 Å². The van der Waals surface area contributed by atoms with Gasteiger partial charge in [-0.15, -0.1) is 0 Å². The second-order valence-electron chi connectivity index (χ2n) is 6.87. The van der Waals surface area contributed by atoms with E-state index in [1.807, 2.05) is 35.2 Å². The van der Waals surface area contributed by atoms with Crippen molar-refractivity contribution in [3.05, 3.63) is 35.9 Å². The molecule has 1 unspecified atom stereocenters. The highest BCUT2D eigenvalue weighted by Gasteiger charge is 2.25. The molecule has 23 heavy (non-hydrogen) atoms. The minimum Gasteiger partial charge on any atom is -0.445 e. The van der Waals surface area contributed by atoms with Gasteiger partial charge in [-0.25, -0.2) is 4.79 Å². The zero-order valence-electron chi connectivity index (χ0n) is 13.9. The molecule has 4 nitrogen and oxygen atoms in total. The summed E-state index contributed by atoms with van der Waals surface area (Å²) >= 11 is 0. The van der Waals surface area contributed by atoms with Crippen molar-refractivity contribution in [1.29, 1.82) is 0 Å². The third kappa shape index (κ3) is 5.54. The number of nitrogens with zero attached hydrogens (tertiary/aromatic N) is 1. The fourth-order valence-corrected chi connectivity index (χ4v) is 3.26. The summed E-state index contributed by atoms with van der Waals surface area (Å²) in [6, 6.07) is 10.7. The fourth-order valence-electron chi connectivity index (χ4n) is 3.26. The van der Waals surface area contributed by atoms with Gasteiger partial charge in [-0.2, -0.15) is 0 Å². The van der Waals surface area contributed by atoms with E-state index in [0.29, 0.717) is 12.5 Å². The van der Waals surface area contributed by atoms with Crippen LogP contribution in [0, 0.1) is 5.92 Å². The van der Waals surface area contributed by atoms with Crippen LogP contribution >= 0.6 is 0 Å². The normalized spacial score (nSPS) is 21.2. The molecule has 0 radical (unpaired) electrons. The van der Waals surface area contributed by atoms with Crippen molar-refractivity contribution in [1.82, 2.24) is 10.2 Å². The minimum atomic E-state index is -0.158. The molecule has 2 fully saturated rings. The van der Waals surface area contributed by atoms with Crippen molar-refractivity contribution in [2.75, 3.05) is 19.6 Å². The number of nitrogens with one attached hydrogen (secondary N) is 1. The van der Waals surface area contributed by atoms with Gasteiger partial charge in [-0.3, -0.25) is 0 Å². The van der Waals surface area contributed by atoms with Gasteiger partial charge in [-0.05, 0) is 56.6 Å². The first-order valence-corrected chi connectivity index (χ1v) is 9.00. The maximum atomic E-state index is 12.2. The molecule has 1 aromatic rings. The molecule has 1 atom stereocenters. The van der Waals surface area contributed by atoms with E-state index in [-0.39, 0.29) is 6.09 Å². The van der Waals surface area contributed by atoms with Crippen LogP contribution in [0.3, 0.4) is 0 Å². The molecule has 1 amide bonds. The van der Waals surface area contributed by atoms with Crippen molar-refractivity contribution in [2.24, 2.45) is 5.92 Å². The zero-order valence-corrected chi connectivity index (χ0v) is 13.9. The Kier molecular flexibility index (Phi) is 5.92. The van der Waals surface area contributed by atoms with E-state index in [1.54, 1.807) is 0 Å². The van der Waals surface area contributed by atoms with Crippen LogP contribution in [-0.4, -0.2) is 36.7 Å². The summed E-state index contributed by atoms with van der Waals surface area (Å²) in [6.45, 7) is 3.19. The summed E-state index contributed by atoms with van der Waals surface area (Å²) in [5, 5.41) is 3.56. The summed E-state index contributed by atoms with van der Waals surface area (Å²) in [4.78, 5) is 14.1. The number of piperidine rings is 1. The van der Waals surface area contributed by atoms with Gasteiger partial charge in [0.25, 0.3) is 0 Å². The summed E-state index contributed by atoms with van der Waals surface area (Å²) < 4.78 is 5.46. The first-order chi connectivity index (χ1) is 11.3. The van der Waals surface area contributed by atoms with Gasteiger partial charge in [0.15, 0.2) is 0 Å². The van der Waals surface area contributed by atoms with Gasteiger partial charge in [-0.1, -0.05) is 30.3 Å². The van der Waals surface area contributed by atoms with Crippen LogP contribution in [0.5, 0.6) is 0 Å². The first-order valence-electron chi connectivity index (χ1n) is 9.00. The highest BCUT2D eigenvalue weighted by atomic mass is 16.6. The van der Waals surface area contributed by atoms with Gasteiger partial charge in [0.2, 0.25) is 0 Å². The van der Waals surface area contributed by atoms with Crippen LogP contribution in [0.25, 0.3) is 0 Å². The average Bonchev–Trinajstić information content (AvgIpc) is 3.42. The minimum absolute atomic E-state index is 0.158. The Bertz CT molecular complexity index is 487. The first kappa shape index (κ1) is 16.3. The second kappa shape index (κ2) is 8.34. The molecule has 0 spiro atoms. The molecular weight excluding hydrogens is 288 g/mol. The monoisotopic (exact) mass is 316 g/mol. The topological polar surface area (TPSA) is 41.6 Å². The van der Waals surface area contributed by atoms with Crippen molar-refractivity contribution in [2.45, 2.75) is 51.2 Å². The van der Waals surface area contributed by atoms with E-state index in [0.717, 1.165) is 37.7 Å². The van der Waals surface area contributed by atoms with E-state index >= 15 is 0 Å². The van der Waals surface area contributed by atoms with Gasteiger partial charge in [0.1, 0.15) is 6.61 Å². The quantitative estimate of drug-likeness (QED) is 0.782. The molecule has 3 rings (SSSR count). The van der Waals surface area contributed by atoms with Crippen LogP contribution in [0.1, 0.15) is 44.1 Å². The maximum absolute atomic E-state index is 12.2. The Labute approximate surface area is 139 Å². The van der Waals surface area contributed by atoms with Crippen LogP contribution in [0.4, 0.5) is 4.79 Å². The Balaban J connectivity index is 1.35. The number of ether oxygens (including phenoxy) is 1. The molecular formula is C19H28N2O2. The van der Waals surface area contributed by atoms with Crippen LogP contribution in [0.15, 0.2) is 30.3 Å². The van der Waals surface area contributed by atoms with Crippen molar-refractivity contribution in [3.63, 3.8) is 0 Å². The average molecular weight is 316 g/mol. The third-order valence-electron chi connectivity index (χ3n) is 4.78. The van der Waals surface area contributed by atoms with E-state index in [2.05, 4.69) is 5.32 Å². The van der Waals surface area contributed by atoms with Gasteiger partial charge >= 0.3 is 6.09 Å². The molecule has 0 bridgehead atoms. The number of carbonyl (C=O) groups excluding carboxylic acids is 1. The number of benzene rings is 1. The number of hydrogen-bond acceptors (Lipinski definition) is 3. The Hall–Kier alpha value is -1.55. The van der Waals surface area contributed by atoms with Crippen LogP contribution in [-0.2, 0) is 11.3 Å². The molecule has 0 aromatic heterocycles. The molecule has 1 aromatic carbocycles. The lowest BCUT2D eigenvalue weighted by Gasteiger charge is -2.32. The third-order valence-corrected chi connectivity index (χ3v) is 4.78. The lowest BCUT2D eigenvalue weighted by Crippen LogP contribution is -2.40. The Morgan fingerprint density at radius 2 is 2.04 bits per heavy atom. The Morgan fingerprint density at radius 1 is 1.22 bits per heavy atom. The van der Waals surface area contributed by atoms with E-state index < -0.39 is 0 Å². The molecule has 1 saturated heterocycles. The highest BCUT2D eigenvalue weighted by molar-refractivity contribution is 5.67. The summed E-state index contributed by atoms with van der Waals surface area (Å²) in [5.41, 5.74) is 1.04.